The van der Waals surface area contributed by atoms with Gasteiger partial charge < -0.3 is 18.9 Å². The summed E-state index contributed by atoms with van der Waals surface area (Å²) >= 11 is 3.33. The average molecular weight is 527 g/mol. The van der Waals surface area contributed by atoms with Gasteiger partial charge in [0.15, 0.2) is 23.0 Å². The molecule has 0 aliphatic rings. The summed E-state index contributed by atoms with van der Waals surface area (Å²) in [7, 11) is 3.00. The van der Waals surface area contributed by atoms with Gasteiger partial charge in [0, 0.05) is 10.0 Å². The Bertz CT molecular complexity index is 1190. The lowest BCUT2D eigenvalue weighted by atomic mass is 10.2. The van der Waals surface area contributed by atoms with Crippen molar-refractivity contribution in [3.63, 3.8) is 0 Å². The van der Waals surface area contributed by atoms with Crippen LogP contribution in [0.3, 0.4) is 0 Å². The summed E-state index contributed by atoms with van der Waals surface area (Å²) in [6.07, 6.45) is 1.47. The molecule has 0 heterocycles. The first-order valence-electron chi connectivity index (χ1n) is 10.2. The van der Waals surface area contributed by atoms with Crippen molar-refractivity contribution in [2.75, 3.05) is 20.8 Å². The minimum absolute atomic E-state index is 0.248. The molecule has 1 amide bonds. The summed E-state index contributed by atoms with van der Waals surface area (Å²) < 4.78 is 22.5. The van der Waals surface area contributed by atoms with Gasteiger partial charge in [-0.1, -0.05) is 15.9 Å². The topological polar surface area (TPSA) is 95.5 Å². The fraction of sp³-hybridized carbons (Fsp3) is 0.160. The van der Waals surface area contributed by atoms with E-state index in [1.807, 2.05) is 6.92 Å². The van der Waals surface area contributed by atoms with Crippen LogP contribution in [0.5, 0.6) is 23.0 Å². The third-order valence-corrected chi connectivity index (χ3v) is 5.10. The average Bonchev–Trinajstić information content (AvgIpc) is 2.85. The number of carbonyl (C=O) groups excluding carboxylic acids is 2. The number of hydrogen-bond donors (Lipinski definition) is 1. The number of halogens is 1. The first-order valence-corrected chi connectivity index (χ1v) is 11.0. The Morgan fingerprint density at radius 2 is 1.56 bits per heavy atom. The zero-order valence-electron chi connectivity index (χ0n) is 18.8. The highest BCUT2D eigenvalue weighted by atomic mass is 79.9. The van der Waals surface area contributed by atoms with Crippen LogP contribution in [0.15, 0.2) is 70.2 Å². The lowest BCUT2D eigenvalue weighted by molar-refractivity contribution is 0.0727. The van der Waals surface area contributed by atoms with E-state index in [1.54, 1.807) is 54.6 Å². The van der Waals surface area contributed by atoms with Gasteiger partial charge in [-0.15, -0.1) is 0 Å². The summed E-state index contributed by atoms with van der Waals surface area (Å²) in [5, 5.41) is 3.99. The van der Waals surface area contributed by atoms with E-state index >= 15 is 0 Å². The van der Waals surface area contributed by atoms with E-state index in [1.165, 1.54) is 26.5 Å². The fourth-order valence-electron chi connectivity index (χ4n) is 2.91. The molecular formula is C25H23BrN2O6. The second-order valence-corrected chi connectivity index (χ2v) is 7.72. The maximum absolute atomic E-state index is 12.7. The molecule has 3 aromatic rings. The highest BCUT2D eigenvalue weighted by Gasteiger charge is 2.16. The maximum atomic E-state index is 12.7. The number of rotatable bonds is 9. The summed E-state index contributed by atoms with van der Waals surface area (Å²) in [6.45, 7) is 2.18. The van der Waals surface area contributed by atoms with E-state index in [9.17, 15) is 9.59 Å². The normalized spacial score (nSPS) is 10.6. The van der Waals surface area contributed by atoms with Crippen molar-refractivity contribution in [2.45, 2.75) is 6.92 Å². The molecule has 0 fully saturated rings. The van der Waals surface area contributed by atoms with Crippen LogP contribution in [0.25, 0.3) is 0 Å². The molecule has 0 saturated heterocycles. The van der Waals surface area contributed by atoms with Gasteiger partial charge in [-0.25, -0.2) is 10.2 Å². The number of amides is 1. The van der Waals surface area contributed by atoms with Crippen LogP contribution in [-0.4, -0.2) is 38.9 Å². The molecule has 9 heteroatoms. The minimum Gasteiger partial charge on any atom is -0.493 e. The Kier molecular flexibility index (Phi) is 8.64. The molecule has 0 atom stereocenters. The number of esters is 1. The predicted molar refractivity (Wildman–Crippen MR) is 131 cm³/mol. The molecule has 3 aromatic carbocycles. The monoisotopic (exact) mass is 526 g/mol. The van der Waals surface area contributed by atoms with Gasteiger partial charge in [0.25, 0.3) is 5.91 Å². The van der Waals surface area contributed by atoms with Gasteiger partial charge in [0.1, 0.15) is 0 Å². The Morgan fingerprint density at radius 3 is 2.24 bits per heavy atom. The molecule has 0 radical (unpaired) electrons. The van der Waals surface area contributed by atoms with Crippen molar-refractivity contribution in [1.82, 2.24) is 5.43 Å². The van der Waals surface area contributed by atoms with Crippen molar-refractivity contribution in [1.29, 1.82) is 0 Å². The lowest BCUT2D eigenvalue weighted by Gasteiger charge is -2.12. The van der Waals surface area contributed by atoms with Crippen LogP contribution in [0.1, 0.15) is 33.2 Å². The zero-order valence-corrected chi connectivity index (χ0v) is 20.4. The number of methoxy groups -OCH3 is 2. The Balaban J connectivity index is 1.72. The largest absolute Gasteiger partial charge is 0.493 e. The standard InChI is InChI=1S/C25H23BrN2O6/c1-4-33-23-13-16(15-27-28-24(29)17-6-9-19(26)10-7-17)5-11-21(23)34-25(30)18-8-12-20(31-2)22(14-18)32-3/h5-15H,4H2,1-3H3,(H,28,29)/b27-15+. The predicted octanol–water partition coefficient (Wildman–Crippen LogP) is 4.85. The number of ether oxygens (including phenoxy) is 4. The fourth-order valence-corrected chi connectivity index (χ4v) is 3.18. The molecule has 176 valence electrons. The number of nitrogens with zero attached hydrogens (tertiary/aromatic N) is 1. The molecule has 3 rings (SSSR count). The van der Waals surface area contributed by atoms with Gasteiger partial charge in [-0.3, -0.25) is 4.79 Å². The Hall–Kier alpha value is -3.85. The molecule has 0 bridgehead atoms. The zero-order chi connectivity index (χ0) is 24.5. The number of nitrogens with one attached hydrogen (secondary N) is 1. The molecular weight excluding hydrogens is 504 g/mol. The van der Waals surface area contributed by atoms with Crippen LogP contribution in [0, 0.1) is 0 Å². The van der Waals surface area contributed by atoms with Crippen LogP contribution < -0.4 is 24.4 Å². The van der Waals surface area contributed by atoms with Crippen molar-refractivity contribution >= 4 is 34.0 Å². The molecule has 0 spiro atoms. The highest BCUT2D eigenvalue weighted by Crippen LogP contribution is 2.31. The van der Waals surface area contributed by atoms with Crippen molar-refractivity contribution in [2.24, 2.45) is 5.10 Å². The third kappa shape index (κ3) is 6.35. The summed E-state index contributed by atoms with van der Waals surface area (Å²) in [4.78, 5) is 24.8. The van der Waals surface area contributed by atoms with Gasteiger partial charge in [-0.05, 0) is 73.2 Å². The number of carbonyl (C=O) groups is 2. The van der Waals surface area contributed by atoms with Crippen LogP contribution in [0.2, 0.25) is 0 Å². The van der Waals surface area contributed by atoms with Gasteiger partial charge in [0.2, 0.25) is 0 Å². The van der Waals surface area contributed by atoms with E-state index in [4.69, 9.17) is 18.9 Å². The highest BCUT2D eigenvalue weighted by molar-refractivity contribution is 9.10. The Morgan fingerprint density at radius 1 is 0.882 bits per heavy atom. The Labute approximate surface area is 205 Å². The molecule has 0 aliphatic heterocycles. The number of hydrogen-bond acceptors (Lipinski definition) is 7. The smallest absolute Gasteiger partial charge is 0.343 e. The number of hydrazone groups is 1. The van der Waals surface area contributed by atoms with E-state index in [-0.39, 0.29) is 11.7 Å². The quantitative estimate of drug-likeness (QED) is 0.185. The SMILES string of the molecule is CCOc1cc(/C=N/NC(=O)c2ccc(Br)cc2)ccc1OC(=O)c1ccc(OC)c(OC)c1. The van der Waals surface area contributed by atoms with Crippen molar-refractivity contribution in [3.8, 4) is 23.0 Å². The van der Waals surface area contributed by atoms with E-state index < -0.39 is 5.97 Å². The van der Waals surface area contributed by atoms with Gasteiger partial charge in [-0.2, -0.15) is 5.10 Å². The first kappa shape index (κ1) is 24.8. The molecule has 0 aromatic heterocycles. The van der Waals surface area contributed by atoms with Gasteiger partial charge >= 0.3 is 5.97 Å². The molecule has 0 unspecified atom stereocenters. The van der Waals surface area contributed by atoms with Crippen LogP contribution in [-0.2, 0) is 0 Å². The first-order chi connectivity index (χ1) is 16.4. The summed E-state index contributed by atoms with van der Waals surface area (Å²) in [6, 6.07) is 16.6. The minimum atomic E-state index is -0.579. The lowest BCUT2D eigenvalue weighted by Crippen LogP contribution is -2.17. The van der Waals surface area contributed by atoms with E-state index in [0.717, 1.165) is 4.47 Å². The van der Waals surface area contributed by atoms with Crippen LogP contribution >= 0.6 is 15.9 Å². The summed E-state index contributed by atoms with van der Waals surface area (Å²) in [5.41, 5.74) is 3.89. The van der Waals surface area contributed by atoms with E-state index in [2.05, 4.69) is 26.5 Å². The van der Waals surface area contributed by atoms with Crippen molar-refractivity contribution in [3.05, 3.63) is 81.8 Å². The summed E-state index contributed by atoms with van der Waals surface area (Å²) in [5.74, 6) is 0.611. The molecule has 0 saturated carbocycles. The van der Waals surface area contributed by atoms with Gasteiger partial charge in [0.05, 0.1) is 32.6 Å². The molecule has 1 N–H and O–H groups in total. The second-order valence-electron chi connectivity index (χ2n) is 6.80. The van der Waals surface area contributed by atoms with E-state index in [0.29, 0.717) is 40.5 Å². The molecule has 34 heavy (non-hydrogen) atoms. The second kappa shape index (κ2) is 11.9. The maximum Gasteiger partial charge on any atom is 0.343 e. The number of benzene rings is 3. The molecule has 0 aliphatic carbocycles. The van der Waals surface area contributed by atoms with Crippen LogP contribution in [0.4, 0.5) is 0 Å². The third-order valence-electron chi connectivity index (χ3n) is 4.58. The molecule has 8 nitrogen and oxygen atoms in total. The van der Waals surface area contributed by atoms with Crippen molar-refractivity contribution < 1.29 is 28.5 Å².